The fraction of sp³-hybridized carbons (Fsp3) is 0.0714. The highest BCUT2D eigenvalue weighted by molar-refractivity contribution is 7.19. The van der Waals surface area contributed by atoms with Crippen LogP contribution < -0.4 is 10.5 Å². The lowest BCUT2D eigenvalue weighted by molar-refractivity contribution is 0.0924. The van der Waals surface area contributed by atoms with Crippen molar-refractivity contribution in [3.05, 3.63) is 55.7 Å². The van der Waals surface area contributed by atoms with E-state index < -0.39 is 23.2 Å². The Hall–Kier alpha value is -2.65. The molecule has 0 N–H and O–H groups in total. The first-order valence-corrected chi connectivity index (χ1v) is 7.82. The Morgan fingerprint density at radius 3 is 2.67 bits per heavy atom. The molecule has 120 valence electrons. The largest absolute Gasteiger partial charge is 0.295 e. The number of amides is 2. The third-order valence-corrected chi connectivity index (χ3v) is 4.83. The molecule has 3 aromatic rings. The number of nitrogens with zero attached hydrogens (tertiary/aromatic N) is 4. The van der Waals surface area contributed by atoms with Crippen LogP contribution in [0, 0.1) is 12.7 Å². The summed E-state index contributed by atoms with van der Waals surface area (Å²) in [4.78, 5) is 41.8. The summed E-state index contributed by atoms with van der Waals surface area (Å²) in [6.45, 7) is 1.46. The summed E-state index contributed by atoms with van der Waals surface area (Å²) in [5.41, 5.74) is -0.233. The molecule has 0 atom stereocenters. The van der Waals surface area contributed by atoms with Gasteiger partial charge in [-0.3, -0.25) is 14.4 Å². The van der Waals surface area contributed by atoms with Crippen LogP contribution in [0.15, 0.2) is 23.0 Å². The second kappa shape index (κ2) is 4.92. The average molecular weight is 365 g/mol. The van der Waals surface area contributed by atoms with Crippen LogP contribution in [0.1, 0.15) is 25.9 Å². The Morgan fingerprint density at radius 1 is 1.21 bits per heavy atom. The van der Waals surface area contributed by atoms with E-state index in [1.54, 1.807) is 0 Å². The molecule has 24 heavy (non-hydrogen) atoms. The van der Waals surface area contributed by atoms with Crippen LogP contribution in [0.2, 0.25) is 5.02 Å². The number of carbonyl (C=O) groups is 2. The van der Waals surface area contributed by atoms with Gasteiger partial charge >= 0.3 is 0 Å². The van der Waals surface area contributed by atoms with E-state index >= 15 is 0 Å². The number of rotatable bonds is 1. The third-order valence-electron chi connectivity index (χ3n) is 3.52. The number of imide groups is 1. The normalized spacial score (nSPS) is 13.9. The summed E-state index contributed by atoms with van der Waals surface area (Å²) in [6.07, 6.45) is 0. The standard InChI is InChI=1S/C14H6ClFN4O3S/c1-5-11(21)17-14-20(18-5)9-10(24-14)13(23)19(12(9)22)6-2-3-8(16)7(15)4-6/h2-4H,1H3. The summed E-state index contributed by atoms with van der Waals surface area (Å²) < 4.78 is 14.5. The van der Waals surface area contributed by atoms with Crippen molar-refractivity contribution < 1.29 is 14.0 Å². The first kappa shape index (κ1) is 14.9. The second-order valence-corrected chi connectivity index (χ2v) is 6.41. The molecule has 0 unspecified atom stereocenters. The molecule has 0 saturated heterocycles. The number of aryl methyl sites for hydroxylation is 1. The summed E-state index contributed by atoms with van der Waals surface area (Å²) in [7, 11) is 0. The Balaban J connectivity index is 1.91. The number of hydrogen-bond donors (Lipinski definition) is 0. The predicted octanol–water partition coefficient (Wildman–Crippen LogP) is 2.05. The first-order valence-electron chi connectivity index (χ1n) is 6.63. The van der Waals surface area contributed by atoms with Gasteiger partial charge in [0.15, 0.2) is 5.69 Å². The first-order chi connectivity index (χ1) is 11.4. The van der Waals surface area contributed by atoms with E-state index in [1.807, 2.05) is 0 Å². The molecule has 0 radical (unpaired) electrons. The Labute approximate surface area is 141 Å². The fourth-order valence-electron chi connectivity index (χ4n) is 2.39. The average Bonchev–Trinajstić information content (AvgIpc) is 3.00. The molecule has 0 bridgehead atoms. The summed E-state index contributed by atoms with van der Waals surface area (Å²) >= 11 is 6.62. The zero-order valence-electron chi connectivity index (χ0n) is 11.9. The molecule has 0 aliphatic carbocycles. The van der Waals surface area contributed by atoms with Crippen LogP contribution in [-0.4, -0.2) is 26.4 Å². The van der Waals surface area contributed by atoms with Crippen LogP contribution >= 0.6 is 22.9 Å². The molecule has 0 spiro atoms. The lowest BCUT2D eigenvalue weighted by atomic mass is 10.3. The monoisotopic (exact) mass is 364 g/mol. The highest BCUT2D eigenvalue weighted by atomic mass is 35.5. The number of anilines is 1. The van der Waals surface area contributed by atoms with Crippen LogP contribution in [0.3, 0.4) is 0 Å². The zero-order valence-corrected chi connectivity index (χ0v) is 13.5. The van der Waals surface area contributed by atoms with Crippen LogP contribution in [0.5, 0.6) is 0 Å². The highest BCUT2D eigenvalue weighted by Crippen LogP contribution is 2.34. The number of carbonyl (C=O) groups excluding carboxylic acids is 2. The maximum atomic E-state index is 13.3. The van der Waals surface area contributed by atoms with Crippen molar-refractivity contribution in [2.75, 3.05) is 4.90 Å². The molecule has 2 amide bonds. The van der Waals surface area contributed by atoms with Gasteiger partial charge in [0.2, 0.25) is 4.96 Å². The van der Waals surface area contributed by atoms with Gasteiger partial charge < -0.3 is 0 Å². The quantitative estimate of drug-likeness (QED) is 0.617. The molecule has 1 aliphatic rings. The number of hydrogen-bond acceptors (Lipinski definition) is 6. The second-order valence-electron chi connectivity index (χ2n) is 5.02. The molecule has 1 aromatic carbocycles. The van der Waals surface area contributed by atoms with Crippen molar-refractivity contribution in [2.24, 2.45) is 0 Å². The van der Waals surface area contributed by atoms with Gasteiger partial charge in [0.05, 0.1) is 10.7 Å². The van der Waals surface area contributed by atoms with Crippen LogP contribution in [-0.2, 0) is 0 Å². The van der Waals surface area contributed by atoms with Gasteiger partial charge in [-0.25, -0.2) is 9.29 Å². The maximum Gasteiger partial charge on any atom is 0.295 e. The minimum atomic E-state index is -0.654. The van der Waals surface area contributed by atoms with Crippen molar-refractivity contribution in [3.8, 4) is 0 Å². The number of benzene rings is 1. The number of fused-ring (bicyclic) bond motifs is 3. The minimum absolute atomic E-state index is 0.0241. The Kier molecular flexibility index (Phi) is 3.06. The molecular weight excluding hydrogens is 359 g/mol. The van der Waals surface area contributed by atoms with Gasteiger partial charge in [-0.05, 0) is 25.1 Å². The molecule has 1 aliphatic heterocycles. The zero-order chi connectivity index (χ0) is 17.2. The molecule has 4 rings (SSSR count). The number of thiazole rings is 1. The number of halogens is 2. The molecule has 0 fully saturated rings. The SMILES string of the molecule is Cc1nn2c3c(sc2nc1=O)C(=O)N(c1ccc(F)c(Cl)c1)C3=O. The number of aromatic nitrogens is 3. The molecular formula is C14H6ClFN4O3S. The molecule has 2 aromatic heterocycles. The van der Waals surface area contributed by atoms with Crippen molar-refractivity contribution in [2.45, 2.75) is 6.92 Å². The van der Waals surface area contributed by atoms with E-state index in [-0.39, 0.29) is 31.9 Å². The van der Waals surface area contributed by atoms with Gasteiger partial charge in [0.1, 0.15) is 16.4 Å². The third kappa shape index (κ3) is 1.91. The van der Waals surface area contributed by atoms with E-state index in [0.717, 1.165) is 22.3 Å². The van der Waals surface area contributed by atoms with E-state index in [4.69, 9.17) is 11.6 Å². The molecule has 10 heteroatoms. The van der Waals surface area contributed by atoms with Crippen molar-refractivity contribution in [3.63, 3.8) is 0 Å². The van der Waals surface area contributed by atoms with E-state index in [1.165, 1.54) is 23.6 Å². The van der Waals surface area contributed by atoms with E-state index in [2.05, 4.69) is 10.1 Å². The Bertz CT molecular complexity index is 1120. The predicted molar refractivity (Wildman–Crippen MR) is 84.4 cm³/mol. The molecule has 7 nitrogen and oxygen atoms in total. The lowest BCUT2D eigenvalue weighted by Crippen LogP contribution is -2.30. The minimum Gasteiger partial charge on any atom is -0.267 e. The van der Waals surface area contributed by atoms with Crippen molar-refractivity contribution >= 4 is 45.4 Å². The summed E-state index contributed by atoms with van der Waals surface area (Å²) in [5.74, 6) is -1.89. The topological polar surface area (TPSA) is 84.6 Å². The summed E-state index contributed by atoms with van der Waals surface area (Å²) in [5, 5.41) is 3.82. The van der Waals surface area contributed by atoms with Gasteiger partial charge in [-0.15, -0.1) is 0 Å². The van der Waals surface area contributed by atoms with Crippen molar-refractivity contribution in [1.29, 1.82) is 0 Å². The van der Waals surface area contributed by atoms with Crippen LogP contribution in [0.25, 0.3) is 4.96 Å². The highest BCUT2D eigenvalue weighted by Gasteiger charge is 2.42. The van der Waals surface area contributed by atoms with E-state index in [9.17, 15) is 18.8 Å². The van der Waals surface area contributed by atoms with Crippen molar-refractivity contribution in [1.82, 2.24) is 14.6 Å². The fourth-order valence-corrected chi connectivity index (χ4v) is 3.54. The van der Waals surface area contributed by atoms with E-state index in [0.29, 0.717) is 0 Å². The summed E-state index contributed by atoms with van der Waals surface area (Å²) in [6, 6.07) is 3.55. The van der Waals surface area contributed by atoms with Gasteiger partial charge in [0, 0.05) is 0 Å². The smallest absolute Gasteiger partial charge is 0.267 e. The lowest BCUT2D eigenvalue weighted by Gasteiger charge is -2.14. The Morgan fingerprint density at radius 2 is 1.96 bits per heavy atom. The molecule has 3 heterocycles. The van der Waals surface area contributed by atoms with Gasteiger partial charge in [-0.2, -0.15) is 14.6 Å². The molecule has 0 saturated carbocycles. The maximum absolute atomic E-state index is 13.3. The van der Waals surface area contributed by atoms with Gasteiger partial charge in [-0.1, -0.05) is 22.9 Å². The van der Waals surface area contributed by atoms with Gasteiger partial charge in [0.25, 0.3) is 17.4 Å². The van der Waals surface area contributed by atoms with Crippen LogP contribution in [0.4, 0.5) is 10.1 Å².